The number of benzene rings is 1. The van der Waals surface area contributed by atoms with E-state index in [0.717, 1.165) is 13.1 Å². The van der Waals surface area contributed by atoms with Crippen LogP contribution in [0.1, 0.15) is 25.8 Å². The van der Waals surface area contributed by atoms with Gasteiger partial charge in [-0.05, 0) is 25.8 Å². The van der Waals surface area contributed by atoms with Crippen LogP contribution in [-0.2, 0) is 20.9 Å². The molecule has 1 heterocycles. The molecule has 0 bridgehead atoms. The number of hydrogen-bond donors (Lipinski definition) is 0. The zero-order valence-electron chi connectivity index (χ0n) is 12.5. The third-order valence-corrected chi connectivity index (χ3v) is 3.39. The second-order valence-electron chi connectivity index (χ2n) is 5.49. The van der Waals surface area contributed by atoms with Crippen molar-refractivity contribution < 1.29 is 14.3 Å². The van der Waals surface area contributed by atoms with E-state index in [2.05, 4.69) is 4.90 Å². The molecule has 2 rings (SSSR count). The maximum Gasteiger partial charge on any atom is 0.316 e. The topological polar surface area (TPSA) is 46.6 Å². The zero-order chi connectivity index (χ0) is 14.5. The molecular weight excluding hydrogens is 290 g/mol. The average Bonchev–Trinajstić information content (AvgIpc) is 2.39. The van der Waals surface area contributed by atoms with Gasteiger partial charge in [0.25, 0.3) is 0 Å². The molecule has 1 atom stereocenters. The lowest BCUT2D eigenvalue weighted by Crippen LogP contribution is -2.44. The van der Waals surface area contributed by atoms with Crippen molar-refractivity contribution in [1.82, 2.24) is 4.90 Å². The van der Waals surface area contributed by atoms with Crippen LogP contribution in [0.15, 0.2) is 30.3 Å². The van der Waals surface area contributed by atoms with E-state index in [4.69, 9.17) is 4.74 Å². The lowest BCUT2D eigenvalue weighted by molar-refractivity contribution is -0.157. The highest BCUT2D eigenvalue weighted by molar-refractivity contribution is 6.00. The molecule has 0 amide bonds. The van der Waals surface area contributed by atoms with E-state index in [9.17, 15) is 9.59 Å². The number of esters is 1. The zero-order valence-corrected chi connectivity index (χ0v) is 13.3. The monoisotopic (exact) mass is 311 g/mol. The first-order valence-electron chi connectivity index (χ1n) is 7.05. The van der Waals surface area contributed by atoms with Crippen molar-refractivity contribution in [1.29, 1.82) is 0 Å². The summed E-state index contributed by atoms with van der Waals surface area (Å²) in [6.07, 6.45) is 0.384. The molecule has 1 aliphatic rings. The summed E-state index contributed by atoms with van der Waals surface area (Å²) >= 11 is 0. The first-order chi connectivity index (χ1) is 9.56. The fourth-order valence-corrected chi connectivity index (χ4v) is 2.42. The number of ether oxygens (including phenoxy) is 1. The number of carbonyl (C=O) groups excluding carboxylic acids is 2. The van der Waals surface area contributed by atoms with Gasteiger partial charge < -0.3 is 4.74 Å². The predicted octanol–water partition coefficient (Wildman–Crippen LogP) is 2.45. The standard InChI is InChI=1S/C16H21NO3.ClH/c1-12(2)20-16(19)14-8-9-17(11-15(14)18)10-13-6-4-3-5-7-13;/h3-7,12,14H,8-11H2,1-2H3;1H. The summed E-state index contributed by atoms with van der Waals surface area (Å²) in [6.45, 7) is 5.42. The Bertz CT molecular complexity index is 476. The van der Waals surface area contributed by atoms with Gasteiger partial charge in [-0.1, -0.05) is 30.3 Å². The Labute approximate surface area is 131 Å². The molecule has 0 aliphatic carbocycles. The van der Waals surface area contributed by atoms with Gasteiger partial charge in [-0.25, -0.2) is 0 Å². The van der Waals surface area contributed by atoms with Gasteiger partial charge >= 0.3 is 5.97 Å². The van der Waals surface area contributed by atoms with E-state index < -0.39 is 5.92 Å². The van der Waals surface area contributed by atoms with Crippen molar-refractivity contribution in [3.8, 4) is 0 Å². The second kappa shape index (κ2) is 8.15. The minimum atomic E-state index is -0.579. The van der Waals surface area contributed by atoms with Crippen molar-refractivity contribution in [2.75, 3.05) is 13.1 Å². The van der Waals surface area contributed by atoms with Gasteiger partial charge in [0.2, 0.25) is 0 Å². The van der Waals surface area contributed by atoms with Crippen LogP contribution in [0.4, 0.5) is 0 Å². The Kier molecular flexibility index (Phi) is 6.85. The van der Waals surface area contributed by atoms with Crippen LogP contribution >= 0.6 is 12.4 Å². The highest BCUT2D eigenvalue weighted by Crippen LogP contribution is 2.18. The Morgan fingerprint density at radius 3 is 2.57 bits per heavy atom. The average molecular weight is 312 g/mol. The number of Topliss-reactive ketones (excluding diaryl/α,β-unsaturated/α-hetero) is 1. The lowest BCUT2D eigenvalue weighted by atomic mass is 9.95. The maximum absolute atomic E-state index is 12.1. The third kappa shape index (κ3) is 5.14. The van der Waals surface area contributed by atoms with Gasteiger partial charge in [0.1, 0.15) is 5.92 Å². The van der Waals surface area contributed by atoms with E-state index in [0.29, 0.717) is 13.0 Å². The number of rotatable bonds is 4. The summed E-state index contributed by atoms with van der Waals surface area (Å²) in [6, 6.07) is 10.0. The largest absolute Gasteiger partial charge is 0.462 e. The number of likely N-dealkylation sites (tertiary alicyclic amines) is 1. The number of ketones is 1. The summed E-state index contributed by atoms with van der Waals surface area (Å²) in [5, 5.41) is 0. The fourth-order valence-electron chi connectivity index (χ4n) is 2.42. The Morgan fingerprint density at radius 2 is 2.00 bits per heavy atom. The van der Waals surface area contributed by atoms with Crippen molar-refractivity contribution >= 4 is 24.2 Å². The summed E-state index contributed by atoms with van der Waals surface area (Å²) in [5.74, 6) is -0.980. The molecule has 1 aliphatic heterocycles. The molecule has 1 saturated heterocycles. The van der Waals surface area contributed by atoms with E-state index in [1.54, 1.807) is 13.8 Å². The summed E-state index contributed by atoms with van der Waals surface area (Å²) in [4.78, 5) is 26.0. The van der Waals surface area contributed by atoms with Crippen molar-refractivity contribution in [2.24, 2.45) is 5.92 Å². The highest BCUT2D eigenvalue weighted by atomic mass is 35.5. The van der Waals surface area contributed by atoms with Crippen LogP contribution in [0.25, 0.3) is 0 Å². The molecule has 0 aromatic heterocycles. The molecular formula is C16H22ClNO3. The van der Waals surface area contributed by atoms with Gasteiger partial charge in [0.15, 0.2) is 5.78 Å². The van der Waals surface area contributed by atoms with Crippen LogP contribution < -0.4 is 0 Å². The van der Waals surface area contributed by atoms with Crippen molar-refractivity contribution in [3.05, 3.63) is 35.9 Å². The van der Waals surface area contributed by atoms with Gasteiger partial charge in [0.05, 0.1) is 12.6 Å². The maximum atomic E-state index is 12.1. The van der Waals surface area contributed by atoms with Gasteiger partial charge in [0, 0.05) is 13.1 Å². The van der Waals surface area contributed by atoms with Crippen LogP contribution in [0.3, 0.4) is 0 Å². The van der Waals surface area contributed by atoms with Gasteiger partial charge in [-0.2, -0.15) is 0 Å². The quantitative estimate of drug-likeness (QED) is 0.633. The molecule has 0 saturated carbocycles. The normalized spacial score (nSPS) is 19.2. The lowest BCUT2D eigenvalue weighted by Gasteiger charge is -2.30. The minimum Gasteiger partial charge on any atom is -0.462 e. The Balaban J connectivity index is 0.00000220. The Morgan fingerprint density at radius 1 is 1.33 bits per heavy atom. The summed E-state index contributed by atoms with van der Waals surface area (Å²) < 4.78 is 5.14. The molecule has 116 valence electrons. The number of nitrogens with zero attached hydrogens (tertiary/aromatic N) is 1. The van der Waals surface area contributed by atoms with Crippen LogP contribution in [0.2, 0.25) is 0 Å². The van der Waals surface area contributed by atoms with Crippen molar-refractivity contribution in [3.63, 3.8) is 0 Å². The summed E-state index contributed by atoms with van der Waals surface area (Å²) in [7, 11) is 0. The summed E-state index contributed by atoms with van der Waals surface area (Å²) in [5.41, 5.74) is 1.18. The van der Waals surface area contributed by atoms with Crippen LogP contribution in [0.5, 0.6) is 0 Å². The molecule has 1 aromatic rings. The molecule has 0 radical (unpaired) electrons. The Hall–Kier alpha value is -1.39. The third-order valence-electron chi connectivity index (χ3n) is 3.39. The molecule has 1 fully saturated rings. The smallest absolute Gasteiger partial charge is 0.316 e. The first-order valence-corrected chi connectivity index (χ1v) is 7.05. The fraction of sp³-hybridized carbons (Fsp3) is 0.500. The molecule has 4 nitrogen and oxygen atoms in total. The van der Waals surface area contributed by atoms with Crippen LogP contribution in [0, 0.1) is 5.92 Å². The van der Waals surface area contributed by atoms with Gasteiger partial charge in [-0.15, -0.1) is 12.4 Å². The van der Waals surface area contributed by atoms with E-state index in [1.807, 2.05) is 30.3 Å². The van der Waals surface area contributed by atoms with Gasteiger partial charge in [-0.3, -0.25) is 14.5 Å². The predicted molar refractivity (Wildman–Crippen MR) is 83.3 cm³/mol. The van der Waals surface area contributed by atoms with Crippen molar-refractivity contribution in [2.45, 2.75) is 32.9 Å². The molecule has 0 N–H and O–H groups in total. The molecule has 5 heteroatoms. The van der Waals surface area contributed by atoms with E-state index in [1.165, 1.54) is 5.56 Å². The number of hydrogen-bond acceptors (Lipinski definition) is 4. The second-order valence-corrected chi connectivity index (χ2v) is 5.49. The first kappa shape index (κ1) is 17.7. The molecule has 0 spiro atoms. The molecule has 1 aromatic carbocycles. The number of carbonyl (C=O) groups is 2. The highest BCUT2D eigenvalue weighted by Gasteiger charge is 2.33. The number of halogens is 1. The molecule has 1 unspecified atom stereocenters. The minimum absolute atomic E-state index is 0. The SMILES string of the molecule is CC(C)OC(=O)C1CCN(Cc2ccccc2)CC1=O.Cl. The van der Waals surface area contributed by atoms with E-state index in [-0.39, 0.29) is 30.3 Å². The molecule has 21 heavy (non-hydrogen) atoms. The number of piperidine rings is 1. The van der Waals surface area contributed by atoms with Crippen LogP contribution in [-0.4, -0.2) is 35.8 Å². The van der Waals surface area contributed by atoms with E-state index >= 15 is 0 Å².